The van der Waals surface area contributed by atoms with E-state index in [1.54, 1.807) is 17.1 Å². The van der Waals surface area contributed by atoms with Crippen molar-refractivity contribution >= 4 is 6.29 Å². The minimum Gasteiger partial charge on any atom is -0.340 e. The van der Waals surface area contributed by atoms with E-state index in [-0.39, 0.29) is 0 Å². The van der Waals surface area contributed by atoms with Crippen LogP contribution in [0.5, 0.6) is 0 Å². The zero-order valence-electron chi connectivity index (χ0n) is 13.4. The zero-order chi connectivity index (χ0) is 16.5. The molecule has 1 aromatic carbocycles. The van der Waals surface area contributed by atoms with Gasteiger partial charge in [-0.3, -0.25) is 4.79 Å². The molecule has 0 atom stereocenters. The lowest BCUT2D eigenvalue weighted by Gasteiger charge is -2.02. The molecule has 23 heavy (non-hydrogen) atoms. The van der Waals surface area contributed by atoms with Crippen LogP contribution in [0.25, 0.3) is 0 Å². The van der Waals surface area contributed by atoms with Gasteiger partial charge in [0.05, 0.1) is 18.3 Å². The summed E-state index contributed by atoms with van der Waals surface area (Å²) < 4.78 is 3.68. The Morgan fingerprint density at radius 1 is 1.00 bits per heavy atom. The Bertz CT molecular complexity index is 717. The molecule has 0 spiro atoms. The third kappa shape index (κ3) is 5.88. The molecule has 3 aromatic rings. The second-order valence-electron chi connectivity index (χ2n) is 5.20. The number of nitrogens with zero attached hydrogens (tertiary/aromatic N) is 4. The monoisotopic (exact) mass is 311 g/mol. The normalized spacial score (nSPS) is 10.0. The number of carbonyl (C=O) groups excluding carboxylic acids is 1. The van der Waals surface area contributed by atoms with Crippen LogP contribution in [0.1, 0.15) is 21.7 Å². The molecule has 0 aliphatic heterocycles. The third-order valence-electron chi connectivity index (χ3n) is 3.08. The summed E-state index contributed by atoms with van der Waals surface area (Å²) in [6.45, 7) is 1.70. The van der Waals surface area contributed by atoms with Crippen LogP contribution >= 0.6 is 0 Å². The summed E-state index contributed by atoms with van der Waals surface area (Å²) in [4.78, 5) is 17.9. The molecule has 6 heteroatoms. The molecule has 0 bridgehead atoms. The first kappa shape index (κ1) is 16.6. The fourth-order valence-electron chi connectivity index (χ4n) is 1.98. The molecule has 0 unspecified atom stereocenters. The number of imidazole rings is 2. The Balaban J connectivity index is 0.000000203. The lowest BCUT2D eigenvalue weighted by molar-refractivity contribution is 0.111. The number of hydrogen-bond donors (Lipinski definition) is 1. The van der Waals surface area contributed by atoms with Gasteiger partial charge < -0.3 is 14.5 Å². The van der Waals surface area contributed by atoms with E-state index in [1.807, 2.05) is 37.3 Å². The van der Waals surface area contributed by atoms with Gasteiger partial charge in [-0.15, -0.1) is 0 Å². The van der Waals surface area contributed by atoms with Crippen LogP contribution in [0, 0.1) is 0 Å². The Kier molecular flexibility index (Phi) is 6.26. The molecule has 0 amide bonds. The molecule has 120 valence electrons. The number of aromatic nitrogens is 4. The minimum atomic E-state index is 0.479. The standard InChI is InChI=1S/C12H15N3.C5H6N2O/c1-15-9-12(14-10-15)8-13-7-11-5-3-2-4-6-11;1-7-2-5(3-8)6-4-7/h2-6,9-10,13H,7-8H2,1H3;2-4H,1H3. The first-order valence-corrected chi connectivity index (χ1v) is 7.32. The maximum absolute atomic E-state index is 9.94. The van der Waals surface area contributed by atoms with Crippen LogP contribution in [0.4, 0.5) is 0 Å². The van der Waals surface area contributed by atoms with Crippen molar-refractivity contribution in [3.63, 3.8) is 0 Å². The molecular weight excluding hydrogens is 290 g/mol. The molecular formula is C17H21N5O. The van der Waals surface area contributed by atoms with E-state index in [4.69, 9.17) is 0 Å². The summed E-state index contributed by atoms with van der Waals surface area (Å²) in [6, 6.07) is 10.4. The molecule has 3 rings (SSSR count). The number of aryl methyl sites for hydroxylation is 2. The topological polar surface area (TPSA) is 64.7 Å². The minimum absolute atomic E-state index is 0.479. The molecule has 0 saturated heterocycles. The molecule has 0 aliphatic carbocycles. The van der Waals surface area contributed by atoms with Crippen molar-refractivity contribution in [1.82, 2.24) is 24.4 Å². The van der Waals surface area contributed by atoms with Crippen LogP contribution < -0.4 is 5.32 Å². The van der Waals surface area contributed by atoms with Gasteiger partial charge in [-0.1, -0.05) is 30.3 Å². The quantitative estimate of drug-likeness (QED) is 0.731. The Hall–Kier alpha value is -2.73. The maximum atomic E-state index is 9.94. The second kappa shape index (κ2) is 8.65. The van der Waals surface area contributed by atoms with E-state index in [9.17, 15) is 4.79 Å². The second-order valence-corrected chi connectivity index (χ2v) is 5.20. The Labute approximate surface area is 135 Å². The van der Waals surface area contributed by atoms with Gasteiger partial charge in [0.15, 0.2) is 6.29 Å². The summed E-state index contributed by atoms with van der Waals surface area (Å²) in [5.74, 6) is 0. The number of hydrogen-bond acceptors (Lipinski definition) is 4. The van der Waals surface area contributed by atoms with E-state index in [0.29, 0.717) is 5.69 Å². The van der Waals surface area contributed by atoms with Crippen molar-refractivity contribution < 1.29 is 4.79 Å². The Morgan fingerprint density at radius 3 is 2.22 bits per heavy atom. The van der Waals surface area contributed by atoms with Crippen molar-refractivity contribution in [2.24, 2.45) is 14.1 Å². The van der Waals surface area contributed by atoms with E-state index in [2.05, 4.69) is 39.6 Å². The first-order chi connectivity index (χ1) is 11.2. The highest BCUT2D eigenvalue weighted by Crippen LogP contribution is 1.99. The Morgan fingerprint density at radius 2 is 1.70 bits per heavy atom. The van der Waals surface area contributed by atoms with Crippen LogP contribution in [-0.4, -0.2) is 25.4 Å². The maximum Gasteiger partial charge on any atom is 0.169 e. The van der Waals surface area contributed by atoms with Gasteiger partial charge in [0.2, 0.25) is 0 Å². The molecule has 6 nitrogen and oxygen atoms in total. The van der Waals surface area contributed by atoms with Gasteiger partial charge in [-0.2, -0.15) is 0 Å². The van der Waals surface area contributed by atoms with Crippen molar-refractivity contribution in [3.8, 4) is 0 Å². The summed E-state index contributed by atoms with van der Waals surface area (Å²) in [5.41, 5.74) is 2.86. The smallest absolute Gasteiger partial charge is 0.169 e. The van der Waals surface area contributed by atoms with Crippen LogP contribution in [-0.2, 0) is 27.2 Å². The summed E-state index contributed by atoms with van der Waals surface area (Å²) in [7, 11) is 3.80. The summed E-state index contributed by atoms with van der Waals surface area (Å²) in [5, 5.41) is 3.36. The van der Waals surface area contributed by atoms with Gasteiger partial charge in [0, 0.05) is 39.6 Å². The predicted octanol–water partition coefficient (Wildman–Crippen LogP) is 1.94. The fourth-order valence-corrected chi connectivity index (χ4v) is 1.98. The zero-order valence-corrected chi connectivity index (χ0v) is 13.4. The molecule has 0 radical (unpaired) electrons. The van der Waals surface area contributed by atoms with Crippen molar-refractivity contribution in [2.45, 2.75) is 13.1 Å². The van der Waals surface area contributed by atoms with Gasteiger partial charge >= 0.3 is 0 Å². The summed E-state index contributed by atoms with van der Waals surface area (Å²) in [6.07, 6.45) is 7.81. The number of benzene rings is 1. The highest BCUT2D eigenvalue weighted by Gasteiger charge is 1.96. The predicted molar refractivity (Wildman–Crippen MR) is 88.8 cm³/mol. The third-order valence-corrected chi connectivity index (χ3v) is 3.08. The average molecular weight is 311 g/mol. The molecule has 1 N–H and O–H groups in total. The number of rotatable bonds is 5. The van der Waals surface area contributed by atoms with E-state index in [1.165, 1.54) is 5.56 Å². The fraction of sp³-hybridized carbons (Fsp3) is 0.235. The van der Waals surface area contributed by atoms with Gasteiger partial charge in [0.25, 0.3) is 0 Å². The van der Waals surface area contributed by atoms with Crippen molar-refractivity contribution in [2.75, 3.05) is 0 Å². The first-order valence-electron chi connectivity index (χ1n) is 7.32. The highest BCUT2D eigenvalue weighted by atomic mass is 16.1. The van der Waals surface area contributed by atoms with Crippen LogP contribution in [0.3, 0.4) is 0 Å². The van der Waals surface area contributed by atoms with Crippen LogP contribution in [0.2, 0.25) is 0 Å². The van der Waals surface area contributed by atoms with Crippen molar-refractivity contribution in [1.29, 1.82) is 0 Å². The van der Waals surface area contributed by atoms with Crippen LogP contribution in [0.15, 0.2) is 55.4 Å². The van der Waals surface area contributed by atoms with E-state index in [0.717, 1.165) is 25.1 Å². The highest BCUT2D eigenvalue weighted by molar-refractivity contribution is 5.70. The molecule has 2 heterocycles. The largest absolute Gasteiger partial charge is 0.340 e. The number of nitrogens with one attached hydrogen (secondary N) is 1. The molecule has 2 aromatic heterocycles. The molecule has 0 saturated carbocycles. The van der Waals surface area contributed by atoms with Gasteiger partial charge in [0.1, 0.15) is 5.69 Å². The lowest BCUT2D eigenvalue weighted by Crippen LogP contribution is -2.12. The number of carbonyl (C=O) groups is 1. The van der Waals surface area contributed by atoms with Gasteiger partial charge in [-0.05, 0) is 5.56 Å². The average Bonchev–Trinajstić information content (AvgIpc) is 3.17. The molecule has 0 aliphatic rings. The SMILES string of the molecule is Cn1cnc(C=O)c1.Cn1cnc(CNCc2ccccc2)c1. The van der Waals surface area contributed by atoms with E-state index < -0.39 is 0 Å². The van der Waals surface area contributed by atoms with E-state index >= 15 is 0 Å². The van der Waals surface area contributed by atoms with Crippen molar-refractivity contribution in [3.05, 3.63) is 72.3 Å². The summed E-state index contributed by atoms with van der Waals surface area (Å²) >= 11 is 0. The molecule has 0 fully saturated rings. The lowest BCUT2D eigenvalue weighted by atomic mass is 10.2. The number of aldehydes is 1. The van der Waals surface area contributed by atoms with Gasteiger partial charge in [-0.25, -0.2) is 9.97 Å².